The molecule has 9 nitrogen and oxygen atoms in total. The van der Waals surface area contributed by atoms with E-state index in [1.165, 1.54) is 19.3 Å². The topological polar surface area (TPSA) is 138 Å². The highest BCUT2D eigenvalue weighted by molar-refractivity contribution is 8.10. The van der Waals surface area contributed by atoms with E-state index in [-0.39, 0.29) is 56.2 Å². The molecule has 1 saturated heterocycles. The van der Waals surface area contributed by atoms with Crippen molar-refractivity contribution in [3.05, 3.63) is 48.6 Å². The number of nitrogens with zero attached hydrogens (tertiary/aromatic N) is 1. The third-order valence-electron chi connectivity index (χ3n) is 7.33. The standard InChI is InChI=1S/C34H51NO8S/c1-28(27-36)19-13-10-8-6-4-2-3-5-7-9-11-14-20-29(37)21-15-12-16-22-30(38)24-26-43-33(40)31-23-17-18-25-35(31)32(39)34(41)44-42/h2-5,7,9,12,16,28,31,36,42H,6,8,10-11,13-15,17-27H2,1H3/b4-2+,5-3+,9-7+,16-12+/t28-,31+/m1/s1. The summed E-state index contributed by atoms with van der Waals surface area (Å²) in [6, 6.07) is -0.890. The highest BCUT2D eigenvalue weighted by atomic mass is 32.2. The first-order chi connectivity index (χ1) is 21.3. The third-order valence-corrected chi connectivity index (χ3v) is 7.67. The molecule has 2 N–H and O–H groups in total. The van der Waals surface area contributed by atoms with Crippen LogP contribution >= 0.6 is 12.0 Å². The number of Topliss-reactive ketones (excluding diaryl/α,β-unsaturated/α-hetero) is 2. The van der Waals surface area contributed by atoms with E-state index in [0.29, 0.717) is 44.4 Å². The maximum absolute atomic E-state index is 12.4. The maximum atomic E-state index is 12.4. The summed E-state index contributed by atoms with van der Waals surface area (Å²) >= 11 is -0.177. The van der Waals surface area contributed by atoms with Crippen LogP contribution in [-0.4, -0.2) is 68.9 Å². The summed E-state index contributed by atoms with van der Waals surface area (Å²) in [4.78, 5) is 61.4. The lowest BCUT2D eigenvalue weighted by molar-refractivity contribution is -0.158. The SMILES string of the molecule is C[C@@H](CO)CCCCC/C=C/C=C/C=C/CCCC(=O)CC/C=C/CC(=O)CCOC(=O)[C@@H]1CCCCN1C(=O)C(=O)SO. The molecule has 0 aromatic rings. The van der Waals surface area contributed by atoms with Crippen molar-refractivity contribution in [3.8, 4) is 0 Å². The summed E-state index contributed by atoms with van der Waals surface area (Å²) in [5, 5.41) is 7.97. The van der Waals surface area contributed by atoms with Crippen LogP contribution in [-0.2, 0) is 28.7 Å². The number of unbranched alkanes of at least 4 members (excludes halogenated alkanes) is 4. The molecule has 0 radical (unpaired) electrons. The molecule has 0 aliphatic carbocycles. The van der Waals surface area contributed by atoms with Crippen molar-refractivity contribution in [2.75, 3.05) is 19.8 Å². The van der Waals surface area contributed by atoms with Gasteiger partial charge in [-0.3, -0.25) is 19.2 Å². The maximum Gasteiger partial charge on any atom is 0.328 e. The van der Waals surface area contributed by atoms with E-state index < -0.39 is 23.0 Å². The van der Waals surface area contributed by atoms with Gasteiger partial charge in [0, 0.05) is 38.8 Å². The number of likely N-dealkylation sites (tertiary alicyclic amines) is 1. The Hall–Kier alpha value is -2.82. The summed E-state index contributed by atoms with van der Waals surface area (Å²) in [6.45, 7) is 2.47. The molecular weight excluding hydrogens is 582 g/mol. The molecule has 10 heteroatoms. The van der Waals surface area contributed by atoms with Crippen LogP contribution in [0.15, 0.2) is 48.6 Å². The van der Waals surface area contributed by atoms with Crippen LogP contribution in [0.5, 0.6) is 0 Å². The minimum atomic E-state index is -1.04. The van der Waals surface area contributed by atoms with E-state index in [4.69, 9.17) is 14.4 Å². The average Bonchev–Trinajstić information content (AvgIpc) is 3.03. The Morgan fingerprint density at radius 2 is 1.57 bits per heavy atom. The Bertz CT molecular complexity index is 1000. The molecule has 0 saturated carbocycles. The average molecular weight is 634 g/mol. The molecular formula is C34H51NO8S. The van der Waals surface area contributed by atoms with Crippen LogP contribution in [0.2, 0.25) is 0 Å². The zero-order chi connectivity index (χ0) is 32.4. The lowest BCUT2D eigenvalue weighted by atomic mass is 10.0. The Morgan fingerprint density at radius 1 is 0.841 bits per heavy atom. The first-order valence-electron chi connectivity index (χ1n) is 15.9. The molecule has 0 aromatic carbocycles. The molecule has 1 fully saturated rings. The lowest BCUT2D eigenvalue weighted by Crippen LogP contribution is -2.50. The minimum absolute atomic E-state index is 0.0340. The smallest absolute Gasteiger partial charge is 0.328 e. The summed E-state index contributed by atoms with van der Waals surface area (Å²) in [5.41, 5.74) is 0. The highest BCUT2D eigenvalue weighted by Gasteiger charge is 2.36. The first kappa shape index (κ1) is 39.2. The summed E-state index contributed by atoms with van der Waals surface area (Å²) in [6.07, 6.45) is 26.6. The van der Waals surface area contributed by atoms with Gasteiger partial charge in [-0.05, 0) is 63.7 Å². The van der Waals surface area contributed by atoms with E-state index in [1.54, 1.807) is 6.08 Å². The largest absolute Gasteiger partial charge is 0.464 e. The van der Waals surface area contributed by atoms with Gasteiger partial charge in [0.2, 0.25) is 0 Å². The number of allylic oxidation sites excluding steroid dienone is 8. The number of amides is 1. The number of ketones is 2. The zero-order valence-corrected chi connectivity index (χ0v) is 27.0. The first-order valence-corrected chi connectivity index (χ1v) is 16.7. The molecule has 0 bridgehead atoms. The van der Waals surface area contributed by atoms with Gasteiger partial charge in [0.15, 0.2) is 0 Å². The van der Waals surface area contributed by atoms with Crippen LogP contribution in [0.4, 0.5) is 0 Å². The predicted molar refractivity (Wildman–Crippen MR) is 174 cm³/mol. The second-order valence-electron chi connectivity index (χ2n) is 11.2. The molecule has 1 aliphatic rings. The Kier molecular flexibility index (Phi) is 22.7. The van der Waals surface area contributed by atoms with Gasteiger partial charge >= 0.3 is 17.0 Å². The number of carbonyl (C=O) groups excluding carboxylic acids is 5. The lowest BCUT2D eigenvalue weighted by Gasteiger charge is -2.33. The van der Waals surface area contributed by atoms with Gasteiger partial charge in [0.05, 0.1) is 18.6 Å². The number of aliphatic hydroxyl groups excluding tert-OH is 1. The molecule has 0 spiro atoms. The van der Waals surface area contributed by atoms with E-state index >= 15 is 0 Å². The molecule has 0 aromatic heterocycles. The van der Waals surface area contributed by atoms with Gasteiger partial charge in [-0.1, -0.05) is 68.4 Å². The van der Waals surface area contributed by atoms with Crippen LogP contribution < -0.4 is 0 Å². The van der Waals surface area contributed by atoms with Crippen LogP contribution in [0.25, 0.3) is 0 Å². The van der Waals surface area contributed by atoms with Crippen molar-refractivity contribution in [3.63, 3.8) is 0 Å². The molecule has 1 aliphatic heterocycles. The van der Waals surface area contributed by atoms with E-state index in [0.717, 1.165) is 30.6 Å². The van der Waals surface area contributed by atoms with Crippen LogP contribution in [0, 0.1) is 5.92 Å². The molecule has 1 rings (SSSR count). The van der Waals surface area contributed by atoms with Gasteiger partial charge in [-0.15, -0.1) is 0 Å². The fourth-order valence-corrected chi connectivity index (χ4v) is 4.86. The van der Waals surface area contributed by atoms with Gasteiger partial charge in [-0.25, -0.2) is 4.79 Å². The molecule has 246 valence electrons. The van der Waals surface area contributed by atoms with Gasteiger partial charge < -0.3 is 19.3 Å². The van der Waals surface area contributed by atoms with E-state index in [1.807, 2.05) is 24.3 Å². The fraction of sp³-hybridized carbons (Fsp3) is 0.618. The summed E-state index contributed by atoms with van der Waals surface area (Å²) < 4.78 is 14.0. The van der Waals surface area contributed by atoms with Gasteiger partial charge in [0.25, 0.3) is 0 Å². The number of carbonyl (C=O) groups is 5. The van der Waals surface area contributed by atoms with Crippen molar-refractivity contribution < 1.29 is 38.4 Å². The Balaban J connectivity index is 2.09. The molecule has 0 unspecified atom stereocenters. The number of piperidine rings is 1. The number of aliphatic hydroxyl groups is 1. The normalized spacial score (nSPS) is 16.3. The van der Waals surface area contributed by atoms with E-state index in [2.05, 4.69) is 25.2 Å². The summed E-state index contributed by atoms with van der Waals surface area (Å²) in [7, 11) is 0. The van der Waals surface area contributed by atoms with Crippen molar-refractivity contribution in [1.82, 2.24) is 4.90 Å². The number of ether oxygens (including phenoxy) is 1. The molecule has 2 atom stereocenters. The van der Waals surface area contributed by atoms with Crippen LogP contribution in [0.3, 0.4) is 0 Å². The van der Waals surface area contributed by atoms with Crippen molar-refractivity contribution >= 4 is 40.6 Å². The summed E-state index contributed by atoms with van der Waals surface area (Å²) in [5.74, 6) is -1.09. The molecule has 1 amide bonds. The number of rotatable bonds is 22. The minimum Gasteiger partial charge on any atom is -0.464 e. The van der Waals surface area contributed by atoms with Crippen molar-refractivity contribution in [1.29, 1.82) is 0 Å². The van der Waals surface area contributed by atoms with E-state index in [9.17, 15) is 24.0 Å². The number of esters is 1. The fourth-order valence-electron chi connectivity index (χ4n) is 4.66. The van der Waals surface area contributed by atoms with Crippen molar-refractivity contribution in [2.24, 2.45) is 5.92 Å². The van der Waals surface area contributed by atoms with Gasteiger partial charge in [0.1, 0.15) is 17.6 Å². The Morgan fingerprint density at radius 3 is 2.27 bits per heavy atom. The highest BCUT2D eigenvalue weighted by Crippen LogP contribution is 2.20. The third kappa shape index (κ3) is 18.8. The van der Waals surface area contributed by atoms with Crippen LogP contribution in [0.1, 0.15) is 103 Å². The quantitative estimate of drug-likeness (QED) is 0.0350. The Labute approximate surface area is 267 Å². The molecule has 1 heterocycles. The monoisotopic (exact) mass is 633 g/mol. The second-order valence-corrected chi connectivity index (χ2v) is 11.7. The van der Waals surface area contributed by atoms with Crippen molar-refractivity contribution in [2.45, 2.75) is 109 Å². The zero-order valence-electron chi connectivity index (χ0n) is 26.2. The van der Waals surface area contributed by atoms with Gasteiger partial charge in [-0.2, -0.15) is 0 Å². The number of hydrogen-bond acceptors (Lipinski definition) is 9. The second kappa shape index (κ2) is 25.5. The predicted octanol–water partition coefficient (Wildman–Crippen LogP) is 6.32. The number of hydrogen-bond donors (Lipinski definition) is 2. The molecule has 44 heavy (non-hydrogen) atoms.